The van der Waals surface area contributed by atoms with E-state index in [9.17, 15) is 0 Å². The first-order valence-corrected chi connectivity index (χ1v) is 6.83. The molecule has 1 aromatic rings. The molecule has 1 N–H and O–H groups in total. The summed E-state index contributed by atoms with van der Waals surface area (Å²) >= 11 is 0. The summed E-state index contributed by atoms with van der Waals surface area (Å²) in [5.74, 6) is 1.24. The van der Waals surface area contributed by atoms with Gasteiger partial charge in [-0.1, -0.05) is 31.6 Å². The Morgan fingerprint density at radius 2 is 2.15 bits per heavy atom. The first kappa shape index (κ1) is 16.1. The van der Waals surface area contributed by atoms with Crippen molar-refractivity contribution in [2.24, 2.45) is 0 Å². The number of rotatable bonds is 8. The van der Waals surface area contributed by atoms with E-state index in [0.29, 0.717) is 11.5 Å². The summed E-state index contributed by atoms with van der Waals surface area (Å²) in [6, 6.07) is 7.68. The Labute approximate surface area is 121 Å². The van der Waals surface area contributed by atoms with E-state index >= 15 is 0 Å². The molecule has 0 aliphatic carbocycles. The number of ether oxygens (including phenoxy) is 2. The normalized spacial score (nSPS) is 11.0. The molecule has 0 saturated heterocycles. The quantitative estimate of drug-likeness (QED) is 0.791. The van der Waals surface area contributed by atoms with E-state index in [0.717, 1.165) is 25.1 Å². The van der Waals surface area contributed by atoms with Gasteiger partial charge >= 0.3 is 0 Å². The Kier molecular flexibility index (Phi) is 7.23. The second-order valence-electron chi connectivity index (χ2n) is 4.29. The largest absolute Gasteiger partial charge is 0.493 e. The first-order chi connectivity index (χ1) is 9.74. The zero-order chi connectivity index (χ0) is 14.8. The molecule has 0 fully saturated rings. The Balaban J connectivity index is 2.91. The SMILES string of the molecule is CCNCC(=Cc1ccc(OCC#N)c(OC)c1)CC. The van der Waals surface area contributed by atoms with Gasteiger partial charge < -0.3 is 14.8 Å². The van der Waals surface area contributed by atoms with Gasteiger partial charge in [-0.2, -0.15) is 5.26 Å². The van der Waals surface area contributed by atoms with Crippen molar-refractivity contribution in [3.63, 3.8) is 0 Å². The van der Waals surface area contributed by atoms with Crippen molar-refractivity contribution in [1.82, 2.24) is 5.32 Å². The molecule has 0 spiro atoms. The van der Waals surface area contributed by atoms with Gasteiger partial charge in [0.05, 0.1) is 7.11 Å². The number of methoxy groups -OCH3 is 1. The molecule has 4 heteroatoms. The van der Waals surface area contributed by atoms with Gasteiger partial charge in [0.1, 0.15) is 6.07 Å². The molecule has 0 atom stereocenters. The lowest BCUT2D eigenvalue weighted by molar-refractivity contribution is 0.329. The van der Waals surface area contributed by atoms with Crippen LogP contribution in [-0.2, 0) is 0 Å². The predicted octanol–water partition coefficient (Wildman–Crippen LogP) is 3.00. The smallest absolute Gasteiger partial charge is 0.174 e. The van der Waals surface area contributed by atoms with Crippen LogP contribution >= 0.6 is 0 Å². The van der Waals surface area contributed by atoms with Crippen LogP contribution < -0.4 is 14.8 Å². The van der Waals surface area contributed by atoms with Crippen LogP contribution in [0.25, 0.3) is 6.08 Å². The van der Waals surface area contributed by atoms with Gasteiger partial charge in [-0.05, 0) is 30.7 Å². The number of nitrogens with one attached hydrogen (secondary N) is 1. The number of hydrogen-bond acceptors (Lipinski definition) is 4. The van der Waals surface area contributed by atoms with Crippen LogP contribution in [0.3, 0.4) is 0 Å². The second-order valence-corrected chi connectivity index (χ2v) is 4.29. The van der Waals surface area contributed by atoms with E-state index in [1.54, 1.807) is 7.11 Å². The molecule has 1 aromatic carbocycles. The molecule has 0 heterocycles. The summed E-state index contributed by atoms with van der Waals surface area (Å²) in [5.41, 5.74) is 2.40. The highest BCUT2D eigenvalue weighted by Crippen LogP contribution is 2.29. The topological polar surface area (TPSA) is 54.3 Å². The highest BCUT2D eigenvalue weighted by molar-refractivity contribution is 5.58. The van der Waals surface area contributed by atoms with E-state index < -0.39 is 0 Å². The third-order valence-electron chi connectivity index (χ3n) is 2.91. The maximum atomic E-state index is 8.55. The fraction of sp³-hybridized carbons (Fsp3) is 0.438. The summed E-state index contributed by atoms with van der Waals surface area (Å²) in [6.45, 7) is 6.11. The van der Waals surface area contributed by atoms with Crippen LogP contribution in [0.15, 0.2) is 23.8 Å². The van der Waals surface area contributed by atoms with Gasteiger partial charge in [-0.3, -0.25) is 0 Å². The first-order valence-electron chi connectivity index (χ1n) is 6.83. The van der Waals surface area contributed by atoms with Crippen molar-refractivity contribution in [2.45, 2.75) is 20.3 Å². The third-order valence-corrected chi connectivity index (χ3v) is 2.91. The van der Waals surface area contributed by atoms with E-state index in [2.05, 4.69) is 25.2 Å². The predicted molar refractivity (Wildman–Crippen MR) is 80.9 cm³/mol. The van der Waals surface area contributed by atoms with E-state index in [-0.39, 0.29) is 6.61 Å². The molecule has 0 saturated carbocycles. The van der Waals surface area contributed by atoms with Crippen molar-refractivity contribution < 1.29 is 9.47 Å². The zero-order valence-electron chi connectivity index (χ0n) is 12.4. The van der Waals surface area contributed by atoms with Gasteiger partial charge in [0.15, 0.2) is 18.1 Å². The van der Waals surface area contributed by atoms with Crippen LogP contribution in [0, 0.1) is 11.3 Å². The number of likely N-dealkylation sites (N-methyl/N-ethyl adjacent to an activating group) is 1. The van der Waals surface area contributed by atoms with Crippen LogP contribution in [0.2, 0.25) is 0 Å². The van der Waals surface area contributed by atoms with E-state index in [4.69, 9.17) is 14.7 Å². The average molecular weight is 274 g/mol. The van der Waals surface area contributed by atoms with Crippen molar-refractivity contribution >= 4 is 6.08 Å². The maximum Gasteiger partial charge on any atom is 0.174 e. The molecule has 0 amide bonds. The molecule has 20 heavy (non-hydrogen) atoms. The molecular weight excluding hydrogens is 252 g/mol. The van der Waals surface area contributed by atoms with Crippen LogP contribution in [0.1, 0.15) is 25.8 Å². The summed E-state index contributed by atoms with van der Waals surface area (Å²) in [4.78, 5) is 0. The fourth-order valence-electron chi connectivity index (χ4n) is 1.80. The molecule has 0 radical (unpaired) electrons. The van der Waals surface area contributed by atoms with E-state index in [1.807, 2.05) is 24.3 Å². The monoisotopic (exact) mass is 274 g/mol. The van der Waals surface area contributed by atoms with Crippen LogP contribution in [0.4, 0.5) is 0 Å². The average Bonchev–Trinajstić information content (AvgIpc) is 2.49. The van der Waals surface area contributed by atoms with Gasteiger partial charge in [-0.25, -0.2) is 0 Å². The Morgan fingerprint density at radius 1 is 1.35 bits per heavy atom. The van der Waals surface area contributed by atoms with Gasteiger partial charge in [-0.15, -0.1) is 0 Å². The lowest BCUT2D eigenvalue weighted by Crippen LogP contribution is -2.15. The molecule has 108 valence electrons. The second kappa shape index (κ2) is 9.00. The molecular formula is C16H22N2O2. The third kappa shape index (κ3) is 4.94. The van der Waals surface area contributed by atoms with Gasteiger partial charge in [0.25, 0.3) is 0 Å². The number of nitriles is 1. The highest BCUT2D eigenvalue weighted by Gasteiger charge is 2.05. The standard InChI is InChI=1S/C16H22N2O2/c1-4-13(12-18-5-2)10-14-6-7-15(20-9-8-17)16(11-14)19-3/h6-7,10-11,18H,4-5,9,12H2,1-3H3. The molecule has 0 bridgehead atoms. The Morgan fingerprint density at radius 3 is 2.75 bits per heavy atom. The number of nitrogens with zero attached hydrogens (tertiary/aromatic N) is 1. The summed E-state index contributed by atoms with van der Waals surface area (Å²) in [6.07, 6.45) is 3.15. The molecule has 0 aliphatic heterocycles. The maximum absolute atomic E-state index is 8.55. The van der Waals surface area contributed by atoms with Crippen molar-refractivity contribution in [1.29, 1.82) is 5.26 Å². The molecule has 0 aromatic heterocycles. The number of hydrogen-bond donors (Lipinski definition) is 1. The van der Waals surface area contributed by atoms with Gasteiger partial charge in [0.2, 0.25) is 0 Å². The Hall–Kier alpha value is -1.99. The highest BCUT2D eigenvalue weighted by atomic mass is 16.5. The molecule has 0 aliphatic rings. The van der Waals surface area contributed by atoms with Crippen LogP contribution in [-0.4, -0.2) is 26.8 Å². The lowest BCUT2D eigenvalue weighted by Gasteiger charge is -2.10. The fourth-order valence-corrected chi connectivity index (χ4v) is 1.80. The minimum Gasteiger partial charge on any atom is -0.493 e. The minimum atomic E-state index is 0.0200. The van der Waals surface area contributed by atoms with Gasteiger partial charge in [0, 0.05) is 6.54 Å². The number of benzene rings is 1. The summed E-state index contributed by atoms with van der Waals surface area (Å²) in [5, 5.41) is 11.9. The minimum absolute atomic E-state index is 0.0200. The molecule has 4 nitrogen and oxygen atoms in total. The summed E-state index contributed by atoms with van der Waals surface area (Å²) in [7, 11) is 1.60. The molecule has 0 unspecified atom stereocenters. The zero-order valence-corrected chi connectivity index (χ0v) is 12.4. The van der Waals surface area contributed by atoms with Crippen molar-refractivity contribution in [2.75, 3.05) is 26.8 Å². The van der Waals surface area contributed by atoms with E-state index in [1.165, 1.54) is 5.57 Å². The summed E-state index contributed by atoms with van der Waals surface area (Å²) < 4.78 is 10.6. The van der Waals surface area contributed by atoms with Crippen LogP contribution in [0.5, 0.6) is 11.5 Å². The molecule has 1 rings (SSSR count). The Bertz CT molecular complexity index is 490. The van der Waals surface area contributed by atoms with Crippen molar-refractivity contribution in [3.8, 4) is 17.6 Å². The lowest BCUT2D eigenvalue weighted by atomic mass is 10.1. The van der Waals surface area contributed by atoms with Crippen molar-refractivity contribution in [3.05, 3.63) is 29.3 Å².